The maximum atomic E-state index is 15.0. The molecule has 5 rings (SSSR count). The van der Waals surface area contributed by atoms with E-state index in [1.165, 1.54) is 24.1 Å². The number of ether oxygens (including phenoxy) is 1. The van der Waals surface area contributed by atoms with Crippen LogP contribution in [-0.2, 0) is 19.5 Å². The molecule has 0 saturated heterocycles. The first kappa shape index (κ1) is 23.9. The van der Waals surface area contributed by atoms with Gasteiger partial charge in [-0.05, 0) is 36.2 Å². The molecule has 0 bridgehead atoms. The van der Waals surface area contributed by atoms with Gasteiger partial charge in [0.05, 0.1) is 25.0 Å². The Morgan fingerprint density at radius 3 is 2.81 bits per heavy atom. The highest BCUT2D eigenvalue weighted by atomic mass is 19.1. The first-order valence-electron chi connectivity index (χ1n) is 11.7. The minimum Gasteiger partial charge on any atom is -0.497 e. The molecule has 0 unspecified atom stereocenters. The summed E-state index contributed by atoms with van der Waals surface area (Å²) in [4.78, 5) is 23.7. The number of halogens is 1. The average Bonchev–Trinajstić information content (AvgIpc) is 3.46. The van der Waals surface area contributed by atoms with Crippen LogP contribution in [0.2, 0.25) is 0 Å². The quantitative estimate of drug-likeness (QED) is 0.275. The van der Waals surface area contributed by atoms with Gasteiger partial charge < -0.3 is 15.0 Å². The molecule has 37 heavy (non-hydrogen) atoms. The molecule has 11 heteroatoms. The van der Waals surface area contributed by atoms with E-state index in [-0.39, 0.29) is 23.0 Å². The number of benzene rings is 1. The number of guanidine groups is 1. The Hall–Kier alpha value is -4.80. The van der Waals surface area contributed by atoms with Crippen LogP contribution in [0.4, 0.5) is 10.2 Å². The second-order valence-electron chi connectivity index (χ2n) is 8.40. The van der Waals surface area contributed by atoms with Crippen molar-refractivity contribution in [1.29, 1.82) is 5.41 Å². The first-order valence-corrected chi connectivity index (χ1v) is 11.7. The summed E-state index contributed by atoms with van der Waals surface area (Å²) in [7, 11) is 1.42. The van der Waals surface area contributed by atoms with E-state index in [1.807, 2.05) is 24.3 Å². The molecule has 0 spiro atoms. The molecular formula is C26H25FN8O2. The van der Waals surface area contributed by atoms with Crippen molar-refractivity contribution >= 4 is 17.7 Å². The summed E-state index contributed by atoms with van der Waals surface area (Å²) < 4.78 is 21.5. The molecule has 0 atom stereocenters. The summed E-state index contributed by atoms with van der Waals surface area (Å²) in [5, 5.41) is 18.5. The molecule has 4 heterocycles. The SMILES string of the molecule is COc1cc(F)c(C(=O)NC(=N)N2CCc3c(ccnc3NCc3ccccn3)C2)c(-n2cccn2)c1. The number of anilines is 1. The van der Waals surface area contributed by atoms with Crippen molar-refractivity contribution in [3.8, 4) is 11.4 Å². The molecule has 1 aromatic carbocycles. The Kier molecular flexibility index (Phi) is 6.75. The lowest BCUT2D eigenvalue weighted by Gasteiger charge is -2.31. The van der Waals surface area contributed by atoms with E-state index < -0.39 is 11.7 Å². The highest BCUT2D eigenvalue weighted by Crippen LogP contribution is 2.26. The van der Waals surface area contributed by atoms with Crippen molar-refractivity contribution in [3.05, 3.63) is 95.5 Å². The molecule has 1 aliphatic rings. The lowest BCUT2D eigenvalue weighted by atomic mass is 10.0. The van der Waals surface area contributed by atoms with Crippen molar-refractivity contribution in [1.82, 2.24) is 30.0 Å². The van der Waals surface area contributed by atoms with Gasteiger partial charge in [0.1, 0.15) is 22.9 Å². The van der Waals surface area contributed by atoms with Gasteiger partial charge in [-0.15, -0.1) is 0 Å². The van der Waals surface area contributed by atoms with Crippen molar-refractivity contribution < 1.29 is 13.9 Å². The number of nitrogens with one attached hydrogen (secondary N) is 3. The van der Waals surface area contributed by atoms with Crippen molar-refractivity contribution in [2.24, 2.45) is 0 Å². The normalized spacial score (nSPS) is 12.5. The van der Waals surface area contributed by atoms with E-state index in [0.717, 1.165) is 28.7 Å². The van der Waals surface area contributed by atoms with E-state index in [2.05, 4.69) is 25.7 Å². The predicted molar refractivity (Wildman–Crippen MR) is 135 cm³/mol. The fourth-order valence-electron chi connectivity index (χ4n) is 4.26. The number of pyridine rings is 2. The van der Waals surface area contributed by atoms with Crippen LogP contribution in [-0.4, -0.2) is 50.2 Å². The largest absolute Gasteiger partial charge is 0.497 e. The Morgan fingerprint density at radius 2 is 2.05 bits per heavy atom. The Morgan fingerprint density at radius 1 is 1.16 bits per heavy atom. The minimum absolute atomic E-state index is 0.114. The molecule has 4 aromatic rings. The fourth-order valence-corrected chi connectivity index (χ4v) is 4.26. The average molecular weight is 501 g/mol. The van der Waals surface area contributed by atoms with Gasteiger partial charge in [-0.3, -0.25) is 20.5 Å². The maximum Gasteiger partial charge on any atom is 0.263 e. The maximum absolute atomic E-state index is 15.0. The van der Waals surface area contributed by atoms with Crippen LogP contribution in [0, 0.1) is 11.2 Å². The monoisotopic (exact) mass is 500 g/mol. The molecule has 0 fully saturated rings. The number of hydrogen-bond donors (Lipinski definition) is 3. The van der Waals surface area contributed by atoms with Crippen LogP contribution in [0.25, 0.3) is 5.69 Å². The number of methoxy groups -OCH3 is 1. The molecule has 1 aliphatic heterocycles. The number of hydrogen-bond acceptors (Lipinski definition) is 7. The molecule has 0 aliphatic carbocycles. The summed E-state index contributed by atoms with van der Waals surface area (Å²) >= 11 is 0. The zero-order valence-corrected chi connectivity index (χ0v) is 20.1. The summed E-state index contributed by atoms with van der Waals surface area (Å²) in [6.45, 7) is 1.45. The van der Waals surface area contributed by atoms with Crippen LogP contribution < -0.4 is 15.4 Å². The number of fused-ring (bicyclic) bond motifs is 1. The van der Waals surface area contributed by atoms with Gasteiger partial charge in [-0.25, -0.2) is 14.1 Å². The molecule has 3 aromatic heterocycles. The summed E-state index contributed by atoms with van der Waals surface area (Å²) in [6.07, 6.45) is 7.22. The number of amides is 1. The van der Waals surface area contributed by atoms with Gasteiger partial charge in [0, 0.05) is 55.6 Å². The number of carbonyl (C=O) groups excluding carboxylic acids is 1. The lowest BCUT2D eigenvalue weighted by molar-refractivity contribution is 0.0967. The third kappa shape index (κ3) is 5.10. The molecule has 0 radical (unpaired) electrons. The van der Waals surface area contributed by atoms with Crippen LogP contribution in [0.3, 0.4) is 0 Å². The molecule has 3 N–H and O–H groups in total. The molecule has 1 amide bonds. The van der Waals surface area contributed by atoms with Gasteiger partial charge in [0.2, 0.25) is 0 Å². The van der Waals surface area contributed by atoms with E-state index in [0.29, 0.717) is 26.1 Å². The number of rotatable bonds is 6. The first-order chi connectivity index (χ1) is 18.0. The van der Waals surface area contributed by atoms with E-state index in [9.17, 15) is 9.18 Å². The van der Waals surface area contributed by atoms with Crippen LogP contribution in [0.5, 0.6) is 5.75 Å². The fraction of sp³-hybridized carbons (Fsp3) is 0.192. The van der Waals surface area contributed by atoms with Crippen LogP contribution in [0.15, 0.2) is 67.3 Å². The number of aromatic nitrogens is 4. The molecular weight excluding hydrogens is 475 g/mol. The van der Waals surface area contributed by atoms with Gasteiger partial charge >= 0.3 is 0 Å². The highest BCUT2D eigenvalue weighted by Gasteiger charge is 2.26. The smallest absolute Gasteiger partial charge is 0.263 e. The third-order valence-corrected chi connectivity index (χ3v) is 6.11. The van der Waals surface area contributed by atoms with Crippen LogP contribution >= 0.6 is 0 Å². The van der Waals surface area contributed by atoms with E-state index in [4.69, 9.17) is 10.1 Å². The molecule has 10 nitrogen and oxygen atoms in total. The highest BCUT2D eigenvalue weighted by molar-refractivity contribution is 6.07. The van der Waals surface area contributed by atoms with Crippen molar-refractivity contribution in [2.75, 3.05) is 19.0 Å². The predicted octanol–water partition coefficient (Wildman–Crippen LogP) is 3.14. The van der Waals surface area contributed by atoms with E-state index >= 15 is 0 Å². The van der Waals surface area contributed by atoms with E-state index in [1.54, 1.807) is 29.6 Å². The summed E-state index contributed by atoms with van der Waals surface area (Å²) in [5.74, 6) is -0.592. The lowest BCUT2D eigenvalue weighted by Crippen LogP contribution is -2.46. The molecule has 188 valence electrons. The van der Waals surface area contributed by atoms with Crippen molar-refractivity contribution in [3.63, 3.8) is 0 Å². The Labute approximate surface area is 212 Å². The van der Waals surface area contributed by atoms with Crippen molar-refractivity contribution in [2.45, 2.75) is 19.5 Å². The Bertz CT molecular complexity index is 1430. The number of carbonyl (C=O) groups is 1. The summed E-state index contributed by atoms with van der Waals surface area (Å²) in [5.41, 5.74) is 2.96. The minimum atomic E-state index is -0.770. The topological polar surface area (TPSA) is 121 Å². The zero-order chi connectivity index (χ0) is 25.8. The number of nitrogens with zero attached hydrogens (tertiary/aromatic N) is 5. The van der Waals surface area contributed by atoms with Gasteiger partial charge in [0.25, 0.3) is 5.91 Å². The Balaban J connectivity index is 1.30. The zero-order valence-electron chi connectivity index (χ0n) is 20.1. The molecule has 0 saturated carbocycles. The van der Waals surface area contributed by atoms with Gasteiger partial charge in [0.15, 0.2) is 5.96 Å². The second-order valence-corrected chi connectivity index (χ2v) is 8.40. The second kappa shape index (κ2) is 10.4. The third-order valence-electron chi connectivity index (χ3n) is 6.11. The summed E-state index contributed by atoms with van der Waals surface area (Å²) in [6, 6.07) is 12.0. The van der Waals surface area contributed by atoms with Gasteiger partial charge in [-0.1, -0.05) is 6.07 Å². The van der Waals surface area contributed by atoms with Crippen LogP contribution in [0.1, 0.15) is 27.2 Å². The van der Waals surface area contributed by atoms with Gasteiger partial charge in [-0.2, -0.15) is 5.10 Å². The standard InChI is InChI=1S/C26H25FN8O2/c1-37-19-13-21(27)23(22(14-19)35-11-4-9-32-35)25(36)33-26(28)34-12-7-20-17(16-34)6-10-30-24(20)31-15-18-5-2-3-8-29-18/h2-6,8-11,13-14H,7,12,15-16H2,1H3,(H,30,31)(H2,28,33,36).